The van der Waals surface area contributed by atoms with Gasteiger partial charge in [0, 0.05) is 42.0 Å². The van der Waals surface area contributed by atoms with E-state index in [4.69, 9.17) is 5.73 Å². The summed E-state index contributed by atoms with van der Waals surface area (Å²) in [4.78, 5) is 27.3. The van der Waals surface area contributed by atoms with E-state index in [0.29, 0.717) is 12.2 Å². The molecular formula is C24H23N5O. The highest BCUT2D eigenvalue weighted by Crippen LogP contribution is 2.26. The zero-order valence-electron chi connectivity index (χ0n) is 16.6. The van der Waals surface area contributed by atoms with Crippen LogP contribution in [-0.2, 0) is 0 Å². The van der Waals surface area contributed by atoms with Gasteiger partial charge in [-0.2, -0.15) is 0 Å². The summed E-state index contributed by atoms with van der Waals surface area (Å²) in [7, 11) is 0. The number of aromatic nitrogens is 3. The molecule has 4 heterocycles. The number of H-pyrrole nitrogens is 1. The van der Waals surface area contributed by atoms with Crippen molar-refractivity contribution in [2.24, 2.45) is 5.73 Å². The highest BCUT2D eigenvalue weighted by Gasteiger charge is 2.23. The van der Waals surface area contributed by atoms with Crippen LogP contribution in [0.1, 0.15) is 23.3 Å². The summed E-state index contributed by atoms with van der Waals surface area (Å²) in [5, 5.41) is 1.01. The number of fused-ring (bicyclic) bond motifs is 1. The Morgan fingerprint density at radius 3 is 2.77 bits per heavy atom. The molecule has 0 radical (unpaired) electrons. The van der Waals surface area contributed by atoms with Gasteiger partial charge in [-0.25, -0.2) is 9.97 Å². The molecule has 3 aromatic heterocycles. The number of hydrogen-bond donors (Lipinski definition) is 2. The van der Waals surface area contributed by atoms with Gasteiger partial charge in [0.1, 0.15) is 11.3 Å². The van der Waals surface area contributed by atoms with Crippen molar-refractivity contribution < 1.29 is 4.79 Å². The Morgan fingerprint density at radius 2 is 1.93 bits per heavy atom. The van der Waals surface area contributed by atoms with E-state index < -0.39 is 0 Å². The predicted molar refractivity (Wildman–Crippen MR) is 118 cm³/mol. The first-order valence-electron chi connectivity index (χ1n) is 10.2. The molecule has 30 heavy (non-hydrogen) atoms. The molecule has 1 amide bonds. The standard InChI is InChI=1S/C24H23N5O/c25-19-8-5-11-29(15-19)24(30)21-10-4-9-20(27-21)18-12-17-13-22(28-23(17)26-14-18)16-6-2-1-3-7-16/h1-4,6-7,9-10,12-14,19H,5,8,11,15,25H2,(H,26,28). The number of hydrogen-bond acceptors (Lipinski definition) is 4. The summed E-state index contributed by atoms with van der Waals surface area (Å²) in [6.45, 7) is 1.32. The van der Waals surface area contributed by atoms with Crippen LogP contribution in [0.5, 0.6) is 0 Å². The van der Waals surface area contributed by atoms with Gasteiger partial charge in [0.15, 0.2) is 0 Å². The van der Waals surface area contributed by atoms with Crippen LogP contribution < -0.4 is 5.73 Å². The van der Waals surface area contributed by atoms with Crippen molar-refractivity contribution in [2.75, 3.05) is 13.1 Å². The first-order valence-corrected chi connectivity index (χ1v) is 10.2. The van der Waals surface area contributed by atoms with Crippen molar-refractivity contribution in [3.63, 3.8) is 0 Å². The van der Waals surface area contributed by atoms with Crippen LogP contribution in [0.2, 0.25) is 0 Å². The zero-order chi connectivity index (χ0) is 20.5. The minimum Gasteiger partial charge on any atom is -0.339 e. The second-order valence-electron chi connectivity index (χ2n) is 7.77. The SMILES string of the molecule is NC1CCCN(C(=O)c2cccc(-c3cnc4[nH]c(-c5ccccc5)cc4c3)n2)C1. The minimum absolute atomic E-state index is 0.0462. The van der Waals surface area contributed by atoms with Crippen LogP contribution >= 0.6 is 0 Å². The molecule has 1 aliphatic rings. The summed E-state index contributed by atoms with van der Waals surface area (Å²) in [5.74, 6) is -0.0611. The number of benzene rings is 1. The first-order chi connectivity index (χ1) is 14.7. The molecule has 6 heteroatoms. The molecule has 1 saturated heterocycles. The highest BCUT2D eigenvalue weighted by molar-refractivity contribution is 5.93. The summed E-state index contributed by atoms with van der Waals surface area (Å²) in [6, 6.07) is 19.9. The quantitative estimate of drug-likeness (QED) is 0.550. The minimum atomic E-state index is -0.0611. The van der Waals surface area contributed by atoms with E-state index in [1.54, 1.807) is 17.2 Å². The predicted octanol–water partition coefficient (Wildman–Crippen LogP) is 3.86. The lowest BCUT2D eigenvalue weighted by atomic mass is 10.1. The van der Waals surface area contributed by atoms with Gasteiger partial charge >= 0.3 is 0 Å². The van der Waals surface area contributed by atoms with Gasteiger partial charge in [0.2, 0.25) is 0 Å². The molecule has 0 bridgehead atoms. The zero-order valence-corrected chi connectivity index (χ0v) is 16.6. The summed E-state index contributed by atoms with van der Waals surface area (Å²) >= 11 is 0. The van der Waals surface area contributed by atoms with Gasteiger partial charge in [-0.05, 0) is 42.7 Å². The second-order valence-corrected chi connectivity index (χ2v) is 7.77. The number of rotatable bonds is 3. The van der Waals surface area contributed by atoms with Gasteiger partial charge in [0.05, 0.1) is 5.69 Å². The molecular weight excluding hydrogens is 374 g/mol. The molecule has 0 spiro atoms. The maximum Gasteiger partial charge on any atom is 0.272 e. The topological polar surface area (TPSA) is 87.9 Å². The Kier molecular flexibility index (Phi) is 4.77. The molecule has 1 unspecified atom stereocenters. The third kappa shape index (κ3) is 3.57. The maximum atomic E-state index is 12.9. The van der Waals surface area contributed by atoms with Gasteiger partial charge in [0.25, 0.3) is 5.91 Å². The molecule has 4 aromatic rings. The number of pyridine rings is 2. The van der Waals surface area contributed by atoms with Crippen molar-refractivity contribution in [3.05, 3.63) is 72.6 Å². The fourth-order valence-corrected chi connectivity index (χ4v) is 4.00. The molecule has 150 valence electrons. The molecule has 5 rings (SSSR count). The number of nitrogens with two attached hydrogens (primary N) is 1. The van der Waals surface area contributed by atoms with Gasteiger partial charge in [-0.3, -0.25) is 4.79 Å². The van der Waals surface area contributed by atoms with E-state index in [1.807, 2.05) is 30.3 Å². The van der Waals surface area contributed by atoms with E-state index in [0.717, 1.165) is 52.9 Å². The Balaban J connectivity index is 1.45. The lowest BCUT2D eigenvalue weighted by molar-refractivity contribution is 0.0703. The van der Waals surface area contributed by atoms with Gasteiger partial charge < -0.3 is 15.6 Å². The molecule has 1 aromatic carbocycles. The summed E-state index contributed by atoms with van der Waals surface area (Å²) in [6.07, 6.45) is 3.69. The van der Waals surface area contributed by atoms with Crippen LogP contribution in [0.3, 0.4) is 0 Å². The van der Waals surface area contributed by atoms with Gasteiger partial charge in [-0.15, -0.1) is 0 Å². The normalized spacial score (nSPS) is 16.7. The Hall–Kier alpha value is -3.51. The molecule has 0 aliphatic carbocycles. The number of carbonyl (C=O) groups excluding carboxylic acids is 1. The molecule has 1 aliphatic heterocycles. The largest absolute Gasteiger partial charge is 0.339 e. The van der Waals surface area contributed by atoms with Crippen molar-refractivity contribution in [1.82, 2.24) is 19.9 Å². The number of piperidine rings is 1. The summed E-state index contributed by atoms with van der Waals surface area (Å²) < 4.78 is 0. The smallest absolute Gasteiger partial charge is 0.272 e. The third-order valence-electron chi connectivity index (χ3n) is 5.56. The number of likely N-dealkylation sites (tertiary alicyclic amines) is 1. The number of nitrogens with one attached hydrogen (secondary N) is 1. The first kappa shape index (κ1) is 18.5. The number of aromatic amines is 1. The van der Waals surface area contributed by atoms with Crippen LogP contribution in [0.25, 0.3) is 33.5 Å². The maximum absolute atomic E-state index is 12.9. The lowest BCUT2D eigenvalue weighted by Crippen LogP contribution is -2.45. The third-order valence-corrected chi connectivity index (χ3v) is 5.56. The number of carbonyl (C=O) groups is 1. The van der Waals surface area contributed by atoms with Crippen LogP contribution in [0.4, 0.5) is 0 Å². The van der Waals surface area contributed by atoms with Crippen molar-refractivity contribution in [3.8, 4) is 22.5 Å². The van der Waals surface area contributed by atoms with Crippen LogP contribution in [0.15, 0.2) is 66.9 Å². The fraction of sp³-hybridized carbons (Fsp3) is 0.208. The average Bonchev–Trinajstić information content (AvgIpc) is 3.23. The summed E-state index contributed by atoms with van der Waals surface area (Å²) in [5.41, 5.74) is 11.1. The monoisotopic (exact) mass is 397 g/mol. The fourth-order valence-electron chi connectivity index (χ4n) is 4.00. The van der Waals surface area contributed by atoms with E-state index in [1.165, 1.54) is 0 Å². The number of amides is 1. The van der Waals surface area contributed by atoms with Crippen molar-refractivity contribution >= 4 is 16.9 Å². The van der Waals surface area contributed by atoms with E-state index in [-0.39, 0.29) is 11.9 Å². The number of nitrogens with zero attached hydrogens (tertiary/aromatic N) is 3. The molecule has 1 atom stereocenters. The van der Waals surface area contributed by atoms with Crippen molar-refractivity contribution in [2.45, 2.75) is 18.9 Å². The van der Waals surface area contributed by atoms with Crippen molar-refractivity contribution in [1.29, 1.82) is 0 Å². The highest BCUT2D eigenvalue weighted by atomic mass is 16.2. The Labute approximate surface area is 174 Å². The second kappa shape index (κ2) is 7.72. The molecule has 1 fully saturated rings. The van der Waals surface area contributed by atoms with E-state index >= 15 is 0 Å². The molecule has 3 N–H and O–H groups in total. The Bertz CT molecular complexity index is 1200. The van der Waals surface area contributed by atoms with Crippen LogP contribution in [-0.4, -0.2) is 44.9 Å². The lowest BCUT2D eigenvalue weighted by Gasteiger charge is -2.30. The van der Waals surface area contributed by atoms with Crippen LogP contribution in [0, 0.1) is 0 Å². The average molecular weight is 397 g/mol. The van der Waals surface area contributed by atoms with E-state index in [2.05, 4.69) is 39.2 Å². The molecule has 0 saturated carbocycles. The van der Waals surface area contributed by atoms with E-state index in [9.17, 15) is 4.79 Å². The van der Waals surface area contributed by atoms with Gasteiger partial charge in [-0.1, -0.05) is 36.4 Å². The Morgan fingerprint density at radius 1 is 1.07 bits per heavy atom. The molecule has 6 nitrogen and oxygen atoms in total.